The predicted molar refractivity (Wildman–Crippen MR) is 100 cm³/mol. The van der Waals surface area contributed by atoms with Gasteiger partial charge in [-0.2, -0.15) is 11.8 Å². The molecule has 0 unspecified atom stereocenters. The number of hydrogen-bond donors (Lipinski definition) is 1. The summed E-state index contributed by atoms with van der Waals surface area (Å²) in [6, 6.07) is 0. The molecular formula is C18H34N2S. The van der Waals surface area contributed by atoms with E-state index >= 15 is 0 Å². The molecule has 0 aromatic heterocycles. The Labute approximate surface area is 136 Å². The van der Waals surface area contributed by atoms with Crippen LogP contribution in [-0.4, -0.2) is 49.6 Å². The van der Waals surface area contributed by atoms with Crippen molar-refractivity contribution in [1.29, 1.82) is 0 Å². The van der Waals surface area contributed by atoms with Crippen molar-refractivity contribution >= 4 is 11.8 Å². The van der Waals surface area contributed by atoms with Crippen LogP contribution < -0.4 is 5.32 Å². The normalized spacial score (nSPS) is 11.9. The minimum Gasteiger partial charge on any atom is -0.317 e. The molecule has 2 nitrogen and oxygen atoms in total. The van der Waals surface area contributed by atoms with Gasteiger partial charge in [0.05, 0.1) is 0 Å². The molecule has 0 aliphatic rings. The molecule has 0 aliphatic carbocycles. The van der Waals surface area contributed by atoms with Crippen molar-refractivity contribution in [2.24, 2.45) is 0 Å². The fourth-order valence-corrected chi connectivity index (χ4v) is 2.90. The molecular weight excluding hydrogens is 276 g/mol. The molecule has 122 valence electrons. The summed E-state index contributed by atoms with van der Waals surface area (Å²) in [5.41, 5.74) is 1.26. The highest BCUT2D eigenvalue weighted by Crippen LogP contribution is 2.09. The van der Waals surface area contributed by atoms with E-state index in [0.717, 1.165) is 18.8 Å². The smallest absolute Gasteiger partial charge is 0.0184 e. The Morgan fingerprint density at radius 2 is 1.86 bits per heavy atom. The zero-order chi connectivity index (χ0) is 15.8. The van der Waals surface area contributed by atoms with Gasteiger partial charge in [-0.15, -0.1) is 0 Å². The minimum absolute atomic E-state index is 1.04. The van der Waals surface area contributed by atoms with Crippen LogP contribution in [-0.2, 0) is 0 Å². The highest BCUT2D eigenvalue weighted by molar-refractivity contribution is 7.99. The van der Waals surface area contributed by atoms with E-state index in [2.05, 4.69) is 37.3 Å². The van der Waals surface area contributed by atoms with E-state index in [1.807, 2.05) is 30.0 Å². The Balaban J connectivity index is 3.31. The number of hydrogen-bond acceptors (Lipinski definition) is 3. The van der Waals surface area contributed by atoms with Gasteiger partial charge in [-0.3, -0.25) is 0 Å². The van der Waals surface area contributed by atoms with Crippen LogP contribution in [0.3, 0.4) is 0 Å². The summed E-state index contributed by atoms with van der Waals surface area (Å²) in [5.74, 6) is 2.24. The lowest BCUT2D eigenvalue weighted by Gasteiger charge is -2.15. The van der Waals surface area contributed by atoms with Crippen LogP contribution in [0.2, 0.25) is 0 Å². The Morgan fingerprint density at radius 3 is 2.52 bits per heavy atom. The van der Waals surface area contributed by atoms with Gasteiger partial charge in [0.2, 0.25) is 0 Å². The SMILES string of the molecule is C=C/C=C(\C=C)CSCCCNCCCN(C)CCCC. The van der Waals surface area contributed by atoms with E-state index in [9.17, 15) is 0 Å². The minimum atomic E-state index is 1.04. The molecule has 0 aromatic carbocycles. The summed E-state index contributed by atoms with van der Waals surface area (Å²) in [6.45, 7) is 14.5. The highest BCUT2D eigenvalue weighted by atomic mass is 32.2. The first-order chi connectivity index (χ1) is 10.2. The first-order valence-electron chi connectivity index (χ1n) is 8.15. The van der Waals surface area contributed by atoms with Crippen molar-refractivity contribution in [3.8, 4) is 0 Å². The average Bonchev–Trinajstić information content (AvgIpc) is 2.50. The second-order valence-electron chi connectivity index (χ2n) is 5.35. The molecule has 0 aromatic rings. The number of thioether (sulfide) groups is 1. The summed E-state index contributed by atoms with van der Waals surface area (Å²) in [5, 5.41) is 3.53. The predicted octanol–water partition coefficient (Wildman–Crippen LogP) is 4.12. The van der Waals surface area contributed by atoms with E-state index in [-0.39, 0.29) is 0 Å². The number of nitrogens with zero attached hydrogens (tertiary/aromatic N) is 1. The maximum absolute atomic E-state index is 3.82. The third kappa shape index (κ3) is 14.2. The summed E-state index contributed by atoms with van der Waals surface area (Å²) in [7, 11) is 2.22. The number of unbranched alkanes of at least 4 members (excludes halogenated alkanes) is 1. The molecule has 0 amide bonds. The van der Waals surface area contributed by atoms with Crippen molar-refractivity contribution in [2.75, 3.05) is 44.7 Å². The fourth-order valence-electron chi connectivity index (χ4n) is 1.95. The van der Waals surface area contributed by atoms with Gasteiger partial charge in [-0.25, -0.2) is 0 Å². The first-order valence-corrected chi connectivity index (χ1v) is 9.31. The standard InChI is InChI=1S/C18H34N2S/c1-5-8-14-20(4)15-9-12-19-13-10-16-21-17-18(7-3)11-6-2/h6-7,11,19H,2-3,5,8-10,12-17H2,1,4H3/b18-11+. The average molecular weight is 311 g/mol. The third-order valence-electron chi connectivity index (χ3n) is 3.29. The molecule has 0 radical (unpaired) electrons. The zero-order valence-corrected chi connectivity index (χ0v) is 14.9. The van der Waals surface area contributed by atoms with Crippen LogP contribution in [0.15, 0.2) is 37.0 Å². The molecule has 0 aliphatic heterocycles. The lowest BCUT2D eigenvalue weighted by Crippen LogP contribution is -2.25. The Kier molecular flexibility index (Phi) is 15.5. The summed E-state index contributed by atoms with van der Waals surface area (Å²) >= 11 is 1.97. The third-order valence-corrected chi connectivity index (χ3v) is 4.41. The fraction of sp³-hybridized carbons (Fsp3) is 0.667. The van der Waals surface area contributed by atoms with E-state index in [0.29, 0.717) is 0 Å². The molecule has 0 spiro atoms. The van der Waals surface area contributed by atoms with Gasteiger partial charge in [0.1, 0.15) is 0 Å². The van der Waals surface area contributed by atoms with Crippen molar-refractivity contribution in [1.82, 2.24) is 10.2 Å². The monoisotopic (exact) mass is 310 g/mol. The van der Waals surface area contributed by atoms with Gasteiger partial charge in [-0.1, -0.05) is 44.7 Å². The van der Waals surface area contributed by atoms with Gasteiger partial charge < -0.3 is 10.2 Å². The summed E-state index contributed by atoms with van der Waals surface area (Å²) < 4.78 is 0. The number of allylic oxidation sites excluding steroid dienone is 3. The van der Waals surface area contributed by atoms with Crippen LogP contribution >= 0.6 is 11.8 Å². The van der Waals surface area contributed by atoms with E-state index in [1.54, 1.807) is 0 Å². The molecule has 0 saturated carbocycles. The van der Waals surface area contributed by atoms with Crippen LogP contribution in [0.5, 0.6) is 0 Å². The number of nitrogens with one attached hydrogen (secondary N) is 1. The summed E-state index contributed by atoms with van der Waals surface area (Å²) in [6.07, 6.45) is 10.9. The van der Waals surface area contributed by atoms with Crippen molar-refractivity contribution in [3.63, 3.8) is 0 Å². The second kappa shape index (κ2) is 15.9. The quantitative estimate of drug-likeness (QED) is 0.362. The topological polar surface area (TPSA) is 15.3 Å². The molecule has 1 N–H and O–H groups in total. The van der Waals surface area contributed by atoms with Crippen molar-refractivity contribution < 1.29 is 0 Å². The van der Waals surface area contributed by atoms with Crippen LogP contribution in [0, 0.1) is 0 Å². The molecule has 0 heterocycles. The highest BCUT2D eigenvalue weighted by Gasteiger charge is 1.97. The molecule has 0 bridgehead atoms. The molecule has 0 atom stereocenters. The maximum Gasteiger partial charge on any atom is 0.0184 e. The molecule has 21 heavy (non-hydrogen) atoms. The molecule has 0 saturated heterocycles. The molecule has 0 rings (SSSR count). The zero-order valence-electron chi connectivity index (χ0n) is 14.1. The molecule has 3 heteroatoms. The largest absolute Gasteiger partial charge is 0.317 e. The van der Waals surface area contributed by atoms with Gasteiger partial charge in [0.25, 0.3) is 0 Å². The Morgan fingerprint density at radius 1 is 1.14 bits per heavy atom. The lowest BCUT2D eigenvalue weighted by atomic mass is 10.3. The van der Waals surface area contributed by atoms with E-state index < -0.39 is 0 Å². The van der Waals surface area contributed by atoms with Crippen LogP contribution in [0.25, 0.3) is 0 Å². The van der Waals surface area contributed by atoms with E-state index in [4.69, 9.17) is 0 Å². The van der Waals surface area contributed by atoms with Gasteiger partial charge in [0, 0.05) is 5.75 Å². The summed E-state index contributed by atoms with van der Waals surface area (Å²) in [4.78, 5) is 2.43. The Hall–Kier alpha value is -0.510. The van der Waals surface area contributed by atoms with Crippen LogP contribution in [0.1, 0.15) is 32.6 Å². The maximum atomic E-state index is 3.82. The second-order valence-corrected chi connectivity index (χ2v) is 6.45. The van der Waals surface area contributed by atoms with Gasteiger partial charge in [0.15, 0.2) is 0 Å². The van der Waals surface area contributed by atoms with E-state index in [1.165, 1.54) is 50.1 Å². The lowest BCUT2D eigenvalue weighted by molar-refractivity contribution is 0.321. The first kappa shape index (κ1) is 20.5. The Bertz CT molecular complexity index is 287. The van der Waals surface area contributed by atoms with Crippen LogP contribution in [0.4, 0.5) is 0 Å². The van der Waals surface area contributed by atoms with Gasteiger partial charge >= 0.3 is 0 Å². The van der Waals surface area contributed by atoms with Crippen molar-refractivity contribution in [2.45, 2.75) is 32.6 Å². The van der Waals surface area contributed by atoms with Crippen molar-refractivity contribution in [3.05, 3.63) is 37.0 Å². The van der Waals surface area contributed by atoms with Gasteiger partial charge in [-0.05, 0) is 63.8 Å². The molecule has 0 fully saturated rings. The number of rotatable bonds is 15.